The zero-order valence-corrected chi connectivity index (χ0v) is 20.8. The normalized spacial score (nSPS) is 10.8. The van der Waals surface area contributed by atoms with Crippen molar-refractivity contribution in [3.63, 3.8) is 0 Å². The van der Waals surface area contributed by atoms with Gasteiger partial charge in [-0.05, 0) is 73.9 Å². The van der Waals surface area contributed by atoms with Gasteiger partial charge < -0.3 is 15.4 Å². The molecule has 4 rings (SSSR count). The lowest BCUT2D eigenvalue weighted by atomic mass is 10.1. The van der Waals surface area contributed by atoms with Gasteiger partial charge in [0.2, 0.25) is 5.91 Å². The molecular formula is C26H25N3O3S2. The van der Waals surface area contributed by atoms with Crippen LogP contribution < -0.4 is 15.4 Å². The lowest BCUT2D eigenvalue weighted by Crippen LogP contribution is -2.20. The number of carbonyl (C=O) groups excluding carboxylic acids is 2. The minimum Gasteiger partial charge on any atom is -0.483 e. The minimum atomic E-state index is -0.232. The van der Waals surface area contributed by atoms with Crippen molar-refractivity contribution in [2.24, 2.45) is 0 Å². The van der Waals surface area contributed by atoms with Crippen LogP contribution in [0, 0.1) is 20.8 Å². The molecule has 174 valence electrons. The average Bonchev–Trinajstić information content (AvgIpc) is 3.19. The number of nitrogens with zero attached hydrogens (tertiary/aromatic N) is 1. The molecule has 0 aliphatic carbocycles. The summed E-state index contributed by atoms with van der Waals surface area (Å²) in [5, 5.41) is 5.81. The van der Waals surface area contributed by atoms with Gasteiger partial charge in [-0.25, -0.2) is 4.98 Å². The molecule has 0 aliphatic heterocycles. The number of thiazole rings is 1. The number of carbonyl (C=O) groups is 2. The number of anilines is 2. The molecule has 0 unspecified atom stereocenters. The highest BCUT2D eigenvalue weighted by Crippen LogP contribution is 2.31. The maximum absolute atomic E-state index is 12.4. The summed E-state index contributed by atoms with van der Waals surface area (Å²) in [6.07, 6.45) is 0. The van der Waals surface area contributed by atoms with Crippen LogP contribution in [0.25, 0.3) is 10.2 Å². The van der Waals surface area contributed by atoms with Gasteiger partial charge in [-0.15, -0.1) is 11.3 Å². The van der Waals surface area contributed by atoms with E-state index in [1.807, 2.05) is 75.4 Å². The fourth-order valence-corrected chi connectivity index (χ4v) is 5.38. The van der Waals surface area contributed by atoms with Crippen LogP contribution in [-0.4, -0.2) is 29.2 Å². The van der Waals surface area contributed by atoms with Crippen molar-refractivity contribution in [2.75, 3.05) is 23.0 Å². The number of rotatable bonds is 8. The number of ether oxygens (including phenoxy) is 1. The third-order valence-corrected chi connectivity index (χ3v) is 7.10. The number of fused-ring (bicyclic) bond motifs is 1. The van der Waals surface area contributed by atoms with Crippen molar-refractivity contribution in [2.45, 2.75) is 25.1 Å². The summed E-state index contributed by atoms with van der Waals surface area (Å²) < 4.78 is 7.35. The van der Waals surface area contributed by atoms with E-state index in [0.717, 1.165) is 36.9 Å². The average molecular weight is 492 g/mol. The third-order valence-electron chi connectivity index (χ3n) is 4.94. The van der Waals surface area contributed by atoms with Crippen LogP contribution in [0.15, 0.2) is 65.0 Å². The summed E-state index contributed by atoms with van der Waals surface area (Å²) in [4.78, 5) is 29.3. The van der Waals surface area contributed by atoms with Crippen molar-refractivity contribution < 1.29 is 14.3 Å². The second kappa shape index (κ2) is 10.7. The molecule has 4 aromatic rings. The molecule has 2 amide bonds. The van der Waals surface area contributed by atoms with Gasteiger partial charge in [0.15, 0.2) is 10.9 Å². The highest BCUT2D eigenvalue weighted by Gasteiger charge is 2.11. The van der Waals surface area contributed by atoms with Crippen molar-refractivity contribution >= 4 is 56.5 Å². The summed E-state index contributed by atoms with van der Waals surface area (Å²) in [5.74, 6) is 0.659. The fourth-order valence-electron chi connectivity index (χ4n) is 3.47. The second-order valence-electron chi connectivity index (χ2n) is 7.98. The zero-order chi connectivity index (χ0) is 24.1. The van der Waals surface area contributed by atoms with Crippen LogP contribution in [-0.2, 0) is 9.59 Å². The van der Waals surface area contributed by atoms with Crippen LogP contribution >= 0.6 is 23.1 Å². The number of para-hydroxylation sites is 1. The largest absolute Gasteiger partial charge is 0.483 e. The van der Waals surface area contributed by atoms with Crippen LogP contribution in [0.1, 0.15) is 16.7 Å². The first-order valence-electron chi connectivity index (χ1n) is 10.8. The van der Waals surface area contributed by atoms with E-state index in [-0.39, 0.29) is 24.2 Å². The van der Waals surface area contributed by atoms with Crippen molar-refractivity contribution in [1.82, 2.24) is 4.98 Å². The molecule has 1 aromatic heterocycles. The SMILES string of the molecule is Cc1cc(C)cc(NC(=O)CSc2nc3ccc(NC(=O)COc4ccccc4C)cc3s2)c1. The van der Waals surface area contributed by atoms with Gasteiger partial charge in [0.1, 0.15) is 5.75 Å². The van der Waals surface area contributed by atoms with E-state index in [9.17, 15) is 9.59 Å². The van der Waals surface area contributed by atoms with E-state index >= 15 is 0 Å². The van der Waals surface area contributed by atoms with Gasteiger partial charge in [-0.1, -0.05) is 36.0 Å². The molecular weight excluding hydrogens is 466 g/mol. The zero-order valence-electron chi connectivity index (χ0n) is 19.2. The molecule has 0 radical (unpaired) electrons. The fraction of sp³-hybridized carbons (Fsp3) is 0.192. The summed E-state index contributed by atoms with van der Waals surface area (Å²) in [5.41, 5.74) is 5.51. The van der Waals surface area contributed by atoms with Gasteiger partial charge in [0.25, 0.3) is 5.91 Å². The second-order valence-corrected chi connectivity index (χ2v) is 10.2. The van der Waals surface area contributed by atoms with E-state index in [2.05, 4.69) is 21.7 Å². The van der Waals surface area contributed by atoms with Crippen molar-refractivity contribution in [3.05, 3.63) is 77.4 Å². The Morgan fingerprint density at radius 1 is 0.912 bits per heavy atom. The Hall–Kier alpha value is -3.36. The molecule has 2 N–H and O–H groups in total. The number of nitrogens with one attached hydrogen (secondary N) is 2. The van der Waals surface area contributed by atoms with E-state index in [1.54, 1.807) is 0 Å². The third kappa shape index (κ3) is 6.36. The number of amides is 2. The molecule has 0 bridgehead atoms. The topological polar surface area (TPSA) is 80.3 Å². The highest BCUT2D eigenvalue weighted by molar-refractivity contribution is 8.01. The molecule has 6 nitrogen and oxygen atoms in total. The Labute approximate surface area is 206 Å². The first kappa shape index (κ1) is 23.8. The lowest BCUT2D eigenvalue weighted by molar-refractivity contribution is -0.118. The predicted molar refractivity (Wildman–Crippen MR) is 140 cm³/mol. The van der Waals surface area contributed by atoms with Crippen LogP contribution in [0.2, 0.25) is 0 Å². The number of thioether (sulfide) groups is 1. The number of benzene rings is 3. The Balaban J connectivity index is 1.32. The summed E-state index contributed by atoms with van der Waals surface area (Å²) >= 11 is 2.89. The van der Waals surface area contributed by atoms with E-state index in [4.69, 9.17) is 4.74 Å². The molecule has 0 saturated carbocycles. The van der Waals surface area contributed by atoms with Crippen molar-refractivity contribution in [3.8, 4) is 5.75 Å². The van der Waals surface area contributed by atoms with Gasteiger partial charge >= 0.3 is 0 Å². The van der Waals surface area contributed by atoms with E-state index < -0.39 is 0 Å². The summed E-state index contributed by atoms with van der Waals surface area (Å²) in [7, 11) is 0. The molecule has 8 heteroatoms. The standard InChI is InChI=1S/C26H25N3O3S2/c1-16-10-17(2)12-20(11-16)28-25(31)15-33-26-29-21-9-8-19(13-23(21)34-26)27-24(30)14-32-22-7-5-4-6-18(22)3/h4-13H,14-15H2,1-3H3,(H,27,30)(H,28,31). The van der Waals surface area contributed by atoms with Gasteiger partial charge in [0, 0.05) is 11.4 Å². The van der Waals surface area contributed by atoms with E-state index in [1.165, 1.54) is 23.1 Å². The molecule has 0 spiro atoms. The summed E-state index contributed by atoms with van der Waals surface area (Å²) in [6, 6.07) is 19.1. The lowest BCUT2D eigenvalue weighted by Gasteiger charge is -2.09. The van der Waals surface area contributed by atoms with Gasteiger partial charge in [0.05, 0.1) is 16.0 Å². The first-order chi connectivity index (χ1) is 16.4. The molecule has 0 aliphatic rings. The number of hydrogen-bond acceptors (Lipinski definition) is 6. The number of aromatic nitrogens is 1. The summed E-state index contributed by atoms with van der Waals surface area (Å²) in [6.45, 7) is 5.88. The Bertz CT molecular complexity index is 1330. The smallest absolute Gasteiger partial charge is 0.262 e. The van der Waals surface area contributed by atoms with Crippen molar-refractivity contribution in [1.29, 1.82) is 0 Å². The quantitative estimate of drug-likeness (QED) is 0.297. The Morgan fingerprint density at radius 2 is 1.65 bits per heavy atom. The minimum absolute atomic E-state index is 0.0672. The van der Waals surface area contributed by atoms with Gasteiger partial charge in [-0.3, -0.25) is 9.59 Å². The molecule has 0 atom stereocenters. The highest BCUT2D eigenvalue weighted by atomic mass is 32.2. The monoisotopic (exact) mass is 491 g/mol. The molecule has 0 saturated heterocycles. The number of hydrogen-bond donors (Lipinski definition) is 2. The Morgan fingerprint density at radius 3 is 2.41 bits per heavy atom. The van der Waals surface area contributed by atoms with Gasteiger partial charge in [-0.2, -0.15) is 0 Å². The van der Waals surface area contributed by atoms with Crippen LogP contribution in [0.3, 0.4) is 0 Å². The van der Waals surface area contributed by atoms with Crippen LogP contribution in [0.5, 0.6) is 5.75 Å². The maximum Gasteiger partial charge on any atom is 0.262 e. The Kier molecular flexibility index (Phi) is 7.49. The van der Waals surface area contributed by atoms with E-state index in [0.29, 0.717) is 11.4 Å². The molecule has 1 heterocycles. The van der Waals surface area contributed by atoms with Crippen LogP contribution in [0.4, 0.5) is 11.4 Å². The first-order valence-corrected chi connectivity index (χ1v) is 12.6. The molecule has 0 fully saturated rings. The number of aryl methyl sites for hydroxylation is 3. The molecule has 34 heavy (non-hydrogen) atoms. The molecule has 3 aromatic carbocycles. The maximum atomic E-state index is 12.4. The predicted octanol–water partition coefficient (Wildman–Crippen LogP) is 5.97.